The molecule has 0 bridgehead atoms. The van der Waals surface area contributed by atoms with Crippen molar-refractivity contribution in [3.05, 3.63) is 83.4 Å². The predicted octanol–water partition coefficient (Wildman–Crippen LogP) is 2.86. The molecule has 3 aromatic rings. The molecule has 1 aromatic heterocycles. The van der Waals surface area contributed by atoms with Crippen LogP contribution >= 0.6 is 0 Å². The minimum Gasteiger partial charge on any atom is -0.497 e. The largest absolute Gasteiger partial charge is 0.497 e. The van der Waals surface area contributed by atoms with Crippen LogP contribution in [0.2, 0.25) is 0 Å². The number of esters is 1. The SMILES string of the molecule is COC(=O)[C@@H](Cc1ccccc1)NC(=O)N1CCc2[nH]cnc2[C@@H]1c1cccc(OC)c1. The second-order valence-corrected chi connectivity index (χ2v) is 7.60. The molecule has 0 saturated heterocycles. The van der Waals surface area contributed by atoms with Gasteiger partial charge in [-0.05, 0) is 23.3 Å². The summed E-state index contributed by atoms with van der Waals surface area (Å²) in [4.78, 5) is 35.2. The smallest absolute Gasteiger partial charge is 0.328 e. The lowest BCUT2D eigenvalue weighted by Gasteiger charge is -2.36. The average Bonchev–Trinajstić information content (AvgIpc) is 3.32. The number of hydrogen-bond acceptors (Lipinski definition) is 5. The van der Waals surface area contributed by atoms with E-state index in [2.05, 4.69) is 15.3 Å². The number of aromatic amines is 1. The zero-order valence-electron chi connectivity index (χ0n) is 18.1. The van der Waals surface area contributed by atoms with Gasteiger partial charge in [-0.25, -0.2) is 14.6 Å². The molecule has 32 heavy (non-hydrogen) atoms. The van der Waals surface area contributed by atoms with Gasteiger partial charge in [0, 0.05) is 25.1 Å². The minimum atomic E-state index is -0.804. The minimum absolute atomic E-state index is 0.338. The Balaban J connectivity index is 1.62. The predicted molar refractivity (Wildman–Crippen MR) is 118 cm³/mol. The summed E-state index contributed by atoms with van der Waals surface area (Å²) in [5.41, 5.74) is 3.60. The van der Waals surface area contributed by atoms with Crippen molar-refractivity contribution in [1.82, 2.24) is 20.2 Å². The number of H-pyrrole nitrogens is 1. The van der Waals surface area contributed by atoms with E-state index in [-0.39, 0.29) is 6.03 Å². The van der Waals surface area contributed by atoms with Gasteiger partial charge in [-0.15, -0.1) is 0 Å². The van der Waals surface area contributed by atoms with Crippen molar-refractivity contribution < 1.29 is 19.1 Å². The number of hydrogen-bond donors (Lipinski definition) is 2. The summed E-state index contributed by atoms with van der Waals surface area (Å²) in [5.74, 6) is 0.208. The van der Waals surface area contributed by atoms with E-state index in [9.17, 15) is 9.59 Å². The Morgan fingerprint density at radius 1 is 1.19 bits per heavy atom. The van der Waals surface area contributed by atoms with Crippen LogP contribution in [0.5, 0.6) is 5.75 Å². The van der Waals surface area contributed by atoms with Crippen LogP contribution in [0.15, 0.2) is 60.9 Å². The summed E-state index contributed by atoms with van der Waals surface area (Å²) in [5, 5.41) is 2.88. The first-order valence-electron chi connectivity index (χ1n) is 10.5. The molecule has 2 aromatic carbocycles. The van der Waals surface area contributed by atoms with Crippen molar-refractivity contribution in [2.45, 2.75) is 24.9 Å². The Kier molecular flexibility index (Phi) is 6.39. The number of nitrogens with zero attached hydrogens (tertiary/aromatic N) is 2. The number of benzene rings is 2. The normalized spacial score (nSPS) is 16.1. The molecule has 2 heterocycles. The number of urea groups is 1. The second-order valence-electron chi connectivity index (χ2n) is 7.60. The van der Waals surface area contributed by atoms with E-state index in [1.807, 2.05) is 54.6 Å². The van der Waals surface area contributed by atoms with Crippen molar-refractivity contribution in [3.8, 4) is 5.75 Å². The molecule has 4 rings (SSSR count). The number of fused-ring (bicyclic) bond motifs is 1. The van der Waals surface area contributed by atoms with Crippen LogP contribution in [0.25, 0.3) is 0 Å². The number of aromatic nitrogens is 2. The van der Waals surface area contributed by atoms with Gasteiger partial charge in [-0.3, -0.25) is 0 Å². The molecular formula is C24H26N4O4. The zero-order chi connectivity index (χ0) is 22.5. The third kappa shape index (κ3) is 4.44. The topological polar surface area (TPSA) is 96.6 Å². The first kappa shape index (κ1) is 21.4. The Morgan fingerprint density at radius 2 is 2.00 bits per heavy atom. The molecule has 0 fully saturated rings. The van der Waals surface area contributed by atoms with Crippen molar-refractivity contribution in [1.29, 1.82) is 0 Å². The van der Waals surface area contributed by atoms with E-state index in [1.165, 1.54) is 7.11 Å². The number of methoxy groups -OCH3 is 2. The molecule has 0 aliphatic carbocycles. The first-order valence-corrected chi connectivity index (χ1v) is 10.5. The maximum atomic E-state index is 13.4. The molecule has 2 amide bonds. The van der Waals surface area contributed by atoms with Gasteiger partial charge in [-0.1, -0.05) is 42.5 Å². The van der Waals surface area contributed by atoms with Crippen molar-refractivity contribution in [2.75, 3.05) is 20.8 Å². The molecule has 0 unspecified atom stereocenters. The van der Waals surface area contributed by atoms with Crippen LogP contribution in [0, 0.1) is 0 Å². The monoisotopic (exact) mass is 434 g/mol. The van der Waals surface area contributed by atoms with Gasteiger partial charge in [0.25, 0.3) is 0 Å². The Bertz CT molecular complexity index is 1080. The molecule has 8 nitrogen and oxygen atoms in total. The maximum Gasteiger partial charge on any atom is 0.328 e. The maximum absolute atomic E-state index is 13.4. The lowest BCUT2D eigenvalue weighted by Crippen LogP contribution is -2.52. The van der Waals surface area contributed by atoms with Crippen molar-refractivity contribution in [3.63, 3.8) is 0 Å². The van der Waals surface area contributed by atoms with E-state index in [0.29, 0.717) is 25.1 Å². The van der Waals surface area contributed by atoms with E-state index in [0.717, 1.165) is 22.5 Å². The molecule has 1 aliphatic heterocycles. The zero-order valence-corrected chi connectivity index (χ0v) is 18.1. The van der Waals surface area contributed by atoms with Crippen LogP contribution in [0.3, 0.4) is 0 Å². The number of ether oxygens (including phenoxy) is 2. The second kappa shape index (κ2) is 9.55. The van der Waals surface area contributed by atoms with Crippen LogP contribution in [0.4, 0.5) is 4.79 Å². The quantitative estimate of drug-likeness (QED) is 0.582. The lowest BCUT2D eigenvalue weighted by molar-refractivity contribution is -0.142. The third-order valence-electron chi connectivity index (χ3n) is 5.66. The van der Waals surface area contributed by atoms with Gasteiger partial charge >= 0.3 is 12.0 Å². The molecule has 8 heteroatoms. The average molecular weight is 434 g/mol. The standard InChI is InChI=1S/C24H26N4O4/c1-31-18-10-6-9-17(14-18)22-21-19(25-15-26-21)11-12-28(22)24(30)27-20(23(29)32-2)13-16-7-4-3-5-8-16/h3-10,14-15,20,22H,11-13H2,1-2H3,(H,25,26)(H,27,30)/t20-,22+/m1/s1. The van der Waals surface area contributed by atoms with E-state index < -0.39 is 18.1 Å². The molecular weight excluding hydrogens is 408 g/mol. The van der Waals surface area contributed by atoms with Crippen LogP contribution in [-0.2, 0) is 22.4 Å². The summed E-state index contributed by atoms with van der Waals surface area (Å²) in [7, 11) is 2.93. The van der Waals surface area contributed by atoms with E-state index in [1.54, 1.807) is 18.3 Å². The van der Waals surface area contributed by atoms with Crippen LogP contribution in [0.1, 0.15) is 28.6 Å². The first-order chi connectivity index (χ1) is 15.6. The highest BCUT2D eigenvalue weighted by atomic mass is 16.5. The summed E-state index contributed by atoms with van der Waals surface area (Å²) in [6.45, 7) is 0.474. The number of carbonyl (C=O) groups is 2. The number of carbonyl (C=O) groups excluding carboxylic acids is 2. The highest BCUT2D eigenvalue weighted by Crippen LogP contribution is 2.34. The fourth-order valence-electron chi connectivity index (χ4n) is 4.06. The van der Waals surface area contributed by atoms with Gasteiger partial charge in [0.2, 0.25) is 0 Å². The summed E-state index contributed by atoms with van der Waals surface area (Å²) in [6.07, 6.45) is 2.63. The van der Waals surface area contributed by atoms with Crippen LogP contribution < -0.4 is 10.1 Å². The number of nitrogens with one attached hydrogen (secondary N) is 2. The lowest BCUT2D eigenvalue weighted by atomic mass is 9.95. The fourth-order valence-corrected chi connectivity index (χ4v) is 4.06. The Morgan fingerprint density at radius 3 is 2.75 bits per heavy atom. The summed E-state index contributed by atoms with van der Waals surface area (Å²) < 4.78 is 10.3. The Labute approximate surface area is 186 Å². The highest BCUT2D eigenvalue weighted by Gasteiger charge is 2.36. The third-order valence-corrected chi connectivity index (χ3v) is 5.66. The number of rotatable bonds is 6. The molecule has 166 valence electrons. The van der Waals surface area contributed by atoms with Gasteiger partial charge in [0.1, 0.15) is 17.8 Å². The van der Waals surface area contributed by atoms with Gasteiger partial charge in [0.15, 0.2) is 0 Å². The molecule has 2 atom stereocenters. The molecule has 0 saturated carbocycles. The fraction of sp³-hybridized carbons (Fsp3) is 0.292. The number of amides is 2. The molecule has 0 radical (unpaired) electrons. The molecule has 1 aliphatic rings. The highest BCUT2D eigenvalue weighted by molar-refractivity contribution is 5.84. The van der Waals surface area contributed by atoms with Crippen molar-refractivity contribution >= 4 is 12.0 Å². The summed E-state index contributed by atoms with van der Waals surface area (Å²) in [6, 6.07) is 15.6. The molecule has 0 spiro atoms. The van der Waals surface area contributed by atoms with E-state index in [4.69, 9.17) is 9.47 Å². The summed E-state index contributed by atoms with van der Waals surface area (Å²) >= 11 is 0. The number of imidazole rings is 1. The van der Waals surface area contributed by atoms with Gasteiger partial charge in [-0.2, -0.15) is 0 Å². The van der Waals surface area contributed by atoms with Gasteiger partial charge in [0.05, 0.1) is 26.2 Å². The van der Waals surface area contributed by atoms with Crippen LogP contribution in [-0.4, -0.2) is 53.7 Å². The van der Waals surface area contributed by atoms with Gasteiger partial charge < -0.3 is 24.7 Å². The van der Waals surface area contributed by atoms with Crippen molar-refractivity contribution in [2.24, 2.45) is 0 Å². The molecule has 2 N–H and O–H groups in total. The Hall–Kier alpha value is -3.81. The van der Waals surface area contributed by atoms with E-state index >= 15 is 0 Å².